The van der Waals surface area contributed by atoms with Gasteiger partial charge < -0.3 is 9.84 Å². The number of hydrogen-bond acceptors (Lipinski definition) is 4. The van der Waals surface area contributed by atoms with Gasteiger partial charge in [0.25, 0.3) is 0 Å². The highest BCUT2D eigenvalue weighted by Gasteiger charge is 2.43. The molecule has 0 aliphatic carbocycles. The van der Waals surface area contributed by atoms with E-state index in [9.17, 15) is 9.90 Å². The molecule has 4 aromatic rings. The molecule has 0 bridgehead atoms. The van der Waals surface area contributed by atoms with Crippen LogP contribution in [0.5, 0.6) is 0 Å². The van der Waals surface area contributed by atoms with Gasteiger partial charge in [0.15, 0.2) is 0 Å². The molecule has 0 fully saturated rings. The summed E-state index contributed by atoms with van der Waals surface area (Å²) in [5, 5.41) is 11.2. The Morgan fingerprint density at radius 2 is 1.39 bits per heavy atom. The molecule has 0 saturated heterocycles. The maximum atomic E-state index is 13.3. The number of thioether (sulfide) groups is 1. The molecule has 0 amide bonds. The van der Waals surface area contributed by atoms with Crippen LogP contribution in [0.25, 0.3) is 11.1 Å². The number of carbonyl (C=O) groups is 1. The van der Waals surface area contributed by atoms with Gasteiger partial charge in [0.2, 0.25) is 0 Å². The van der Waals surface area contributed by atoms with Gasteiger partial charge in [-0.15, -0.1) is 11.8 Å². The lowest BCUT2D eigenvalue weighted by atomic mass is 9.82. The molecule has 4 heteroatoms. The predicted octanol–water partition coefficient (Wildman–Crippen LogP) is 7.83. The number of aryl methyl sites for hydroxylation is 1. The summed E-state index contributed by atoms with van der Waals surface area (Å²) < 4.78 is 6.19. The average molecular weight is 493 g/mol. The molecule has 5 rings (SSSR count). The SMILES string of the molecule is O=C1OC(CCc2ccccc2)(c2ccccc2)CC(O)=C1SCc1ccccc1-c1ccccc1. The molecule has 0 spiro atoms. The second-order valence-electron chi connectivity index (χ2n) is 9.00. The topological polar surface area (TPSA) is 46.5 Å². The molecule has 180 valence electrons. The molecule has 4 aromatic carbocycles. The van der Waals surface area contributed by atoms with Gasteiger partial charge >= 0.3 is 5.97 Å². The molecule has 0 aromatic heterocycles. The molecule has 1 N–H and O–H groups in total. The second-order valence-corrected chi connectivity index (χ2v) is 9.99. The Hall–Kier alpha value is -3.76. The highest BCUT2D eigenvalue weighted by Crippen LogP contribution is 2.44. The standard InChI is InChI=1S/C32H28O3S/c33-29-22-32(27-17-8-3-9-18-27,21-20-24-12-4-1-5-13-24)35-31(34)30(29)36-23-26-16-10-11-19-28(26)25-14-6-2-7-15-25/h1-19,33H,20-23H2. The van der Waals surface area contributed by atoms with E-state index in [0.717, 1.165) is 28.7 Å². The van der Waals surface area contributed by atoms with Crippen LogP contribution in [-0.4, -0.2) is 11.1 Å². The first-order valence-corrected chi connectivity index (χ1v) is 13.1. The maximum absolute atomic E-state index is 13.3. The van der Waals surface area contributed by atoms with Gasteiger partial charge in [-0.3, -0.25) is 0 Å². The largest absolute Gasteiger partial charge is 0.511 e. The van der Waals surface area contributed by atoms with Crippen molar-refractivity contribution >= 4 is 17.7 Å². The number of rotatable bonds is 8. The monoisotopic (exact) mass is 492 g/mol. The zero-order chi connectivity index (χ0) is 24.8. The van der Waals surface area contributed by atoms with Gasteiger partial charge in [-0.25, -0.2) is 4.79 Å². The van der Waals surface area contributed by atoms with Crippen LogP contribution in [0.2, 0.25) is 0 Å². The number of hydrogen-bond donors (Lipinski definition) is 1. The van der Waals surface area contributed by atoms with E-state index in [1.807, 2.05) is 78.9 Å². The van der Waals surface area contributed by atoms with E-state index in [2.05, 4.69) is 36.4 Å². The molecule has 0 saturated carbocycles. The van der Waals surface area contributed by atoms with Crippen molar-refractivity contribution in [2.45, 2.75) is 30.6 Å². The molecule has 1 unspecified atom stereocenters. The van der Waals surface area contributed by atoms with E-state index in [0.29, 0.717) is 17.1 Å². The molecular formula is C32H28O3S. The zero-order valence-electron chi connectivity index (χ0n) is 20.0. The number of esters is 1. The third kappa shape index (κ3) is 5.24. The van der Waals surface area contributed by atoms with Crippen molar-refractivity contribution in [3.63, 3.8) is 0 Å². The van der Waals surface area contributed by atoms with Crippen LogP contribution in [0.1, 0.15) is 29.5 Å². The minimum Gasteiger partial charge on any atom is -0.511 e. The number of ether oxygens (including phenoxy) is 1. The molecule has 1 aliphatic rings. The van der Waals surface area contributed by atoms with Gasteiger partial charge in [0, 0.05) is 5.75 Å². The summed E-state index contributed by atoms with van der Waals surface area (Å²) in [7, 11) is 0. The highest BCUT2D eigenvalue weighted by molar-refractivity contribution is 8.03. The Balaban J connectivity index is 1.39. The fraction of sp³-hybridized carbons (Fsp3) is 0.156. The summed E-state index contributed by atoms with van der Waals surface area (Å²) >= 11 is 1.34. The first kappa shape index (κ1) is 24.0. The fourth-order valence-electron chi connectivity index (χ4n) is 4.74. The average Bonchev–Trinajstić information content (AvgIpc) is 2.93. The molecule has 1 atom stereocenters. The Morgan fingerprint density at radius 3 is 2.08 bits per heavy atom. The van der Waals surface area contributed by atoms with Crippen molar-refractivity contribution in [1.82, 2.24) is 0 Å². The van der Waals surface area contributed by atoms with Crippen molar-refractivity contribution in [2.75, 3.05) is 0 Å². The Bertz CT molecular complexity index is 1350. The minimum atomic E-state index is -0.899. The summed E-state index contributed by atoms with van der Waals surface area (Å²) in [6, 6.07) is 38.3. The zero-order valence-corrected chi connectivity index (χ0v) is 20.8. The van der Waals surface area contributed by atoms with E-state index in [4.69, 9.17) is 4.74 Å². The van der Waals surface area contributed by atoms with Crippen LogP contribution in [0.3, 0.4) is 0 Å². The molecule has 0 radical (unpaired) electrons. The normalized spacial score (nSPS) is 17.6. The van der Waals surface area contributed by atoms with Crippen LogP contribution >= 0.6 is 11.8 Å². The van der Waals surface area contributed by atoms with Crippen molar-refractivity contribution in [3.8, 4) is 11.1 Å². The molecular weight excluding hydrogens is 464 g/mol. The summed E-state index contributed by atoms with van der Waals surface area (Å²) in [5.74, 6) is 0.199. The Labute approximate surface area is 216 Å². The number of cyclic esters (lactones) is 1. The summed E-state index contributed by atoms with van der Waals surface area (Å²) in [6.45, 7) is 0. The Kier molecular flexibility index (Phi) is 7.24. The van der Waals surface area contributed by atoms with Gasteiger partial charge in [-0.2, -0.15) is 0 Å². The van der Waals surface area contributed by atoms with Gasteiger partial charge in [0.05, 0.1) is 6.42 Å². The predicted molar refractivity (Wildman–Crippen MR) is 146 cm³/mol. The van der Waals surface area contributed by atoms with Gasteiger partial charge in [0.1, 0.15) is 16.3 Å². The van der Waals surface area contributed by atoms with Crippen LogP contribution in [0.15, 0.2) is 126 Å². The van der Waals surface area contributed by atoms with Crippen LogP contribution < -0.4 is 0 Å². The quantitative estimate of drug-likeness (QED) is 0.255. The summed E-state index contributed by atoms with van der Waals surface area (Å²) in [5.41, 5.74) is 4.53. The van der Waals surface area contributed by atoms with Crippen LogP contribution in [0.4, 0.5) is 0 Å². The maximum Gasteiger partial charge on any atom is 0.348 e. The molecule has 3 nitrogen and oxygen atoms in total. The first-order chi connectivity index (χ1) is 17.6. The van der Waals surface area contributed by atoms with E-state index in [1.54, 1.807) is 0 Å². The number of aliphatic hydroxyl groups excluding tert-OH is 1. The van der Waals surface area contributed by atoms with Crippen LogP contribution in [-0.2, 0) is 27.3 Å². The summed E-state index contributed by atoms with van der Waals surface area (Å²) in [4.78, 5) is 13.6. The lowest BCUT2D eigenvalue weighted by Gasteiger charge is -2.37. The lowest BCUT2D eigenvalue weighted by molar-refractivity contribution is -0.160. The molecule has 36 heavy (non-hydrogen) atoms. The molecule has 1 heterocycles. The Morgan fingerprint density at radius 1 is 0.778 bits per heavy atom. The lowest BCUT2D eigenvalue weighted by Crippen LogP contribution is -2.38. The van der Waals surface area contributed by atoms with Gasteiger partial charge in [-0.1, -0.05) is 115 Å². The fourth-order valence-corrected chi connectivity index (χ4v) is 5.69. The number of carbonyl (C=O) groups excluding carboxylic acids is 1. The van der Waals surface area contributed by atoms with E-state index in [1.165, 1.54) is 17.3 Å². The van der Waals surface area contributed by atoms with E-state index >= 15 is 0 Å². The third-order valence-electron chi connectivity index (χ3n) is 6.62. The smallest absolute Gasteiger partial charge is 0.348 e. The number of benzene rings is 4. The summed E-state index contributed by atoms with van der Waals surface area (Å²) in [6.07, 6.45) is 1.59. The molecule has 1 aliphatic heterocycles. The van der Waals surface area contributed by atoms with E-state index < -0.39 is 11.6 Å². The number of aliphatic hydroxyl groups is 1. The minimum absolute atomic E-state index is 0.102. The first-order valence-electron chi connectivity index (χ1n) is 12.2. The van der Waals surface area contributed by atoms with Gasteiger partial charge in [-0.05, 0) is 40.7 Å². The second kappa shape index (κ2) is 10.9. The van der Waals surface area contributed by atoms with Crippen molar-refractivity contribution in [1.29, 1.82) is 0 Å². The highest BCUT2D eigenvalue weighted by atomic mass is 32.2. The van der Waals surface area contributed by atoms with Crippen molar-refractivity contribution < 1.29 is 14.6 Å². The van der Waals surface area contributed by atoms with Crippen molar-refractivity contribution in [3.05, 3.63) is 143 Å². The third-order valence-corrected chi connectivity index (χ3v) is 7.77. The van der Waals surface area contributed by atoms with Crippen molar-refractivity contribution in [2.24, 2.45) is 0 Å². The van der Waals surface area contributed by atoms with Crippen LogP contribution in [0, 0.1) is 0 Å². The van der Waals surface area contributed by atoms with E-state index in [-0.39, 0.29) is 12.2 Å².